The van der Waals surface area contributed by atoms with Crippen molar-refractivity contribution in [2.75, 3.05) is 19.6 Å². The van der Waals surface area contributed by atoms with Crippen LogP contribution in [0.4, 0.5) is 0 Å². The van der Waals surface area contributed by atoms with Crippen LogP contribution in [0.5, 0.6) is 0 Å². The highest BCUT2D eigenvalue weighted by Crippen LogP contribution is 1.98. The molecule has 0 heterocycles. The van der Waals surface area contributed by atoms with E-state index >= 15 is 0 Å². The van der Waals surface area contributed by atoms with Gasteiger partial charge in [0.15, 0.2) is 0 Å². The molecule has 0 rings (SSSR count). The fourth-order valence-electron chi connectivity index (χ4n) is 1.05. The third-order valence-corrected chi connectivity index (χ3v) is 1.87. The molecule has 92 valence electrons. The maximum atomic E-state index is 11.5. The van der Waals surface area contributed by atoms with Crippen LogP contribution in [0.25, 0.3) is 0 Å². The number of carboxylic acid groups (broad SMARTS) is 1. The molecule has 0 saturated heterocycles. The predicted octanol–water partition coefficient (Wildman–Crippen LogP) is -1.62. The molecule has 0 aromatic heterocycles. The second-order valence-corrected chi connectivity index (χ2v) is 3.49. The van der Waals surface area contributed by atoms with Gasteiger partial charge in [-0.1, -0.05) is 0 Å². The summed E-state index contributed by atoms with van der Waals surface area (Å²) in [4.78, 5) is 34.0. The first-order chi connectivity index (χ1) is 7.38. The lowest BCUT2D eigenvalue weighted by atomic mass is 10.3. The van der Waals surface area contributed by atoms with Gasteiger partial charge >= 0.3 is 5.97 Å². The van der Waals surface area contributed by atoms with Crippen molar-refractivity contribution >= 4 is 17.8 Å². The lowest BCUT2D eigenvalue weighted by Gasteiger charge is -2.24. The van der Waals surface area contributed by atoms with Crippen LogP contribution in [0.15, 0.2) is 0 Å². The highest BCUT2D eigenvalue weighted by atomic mass is 16.4. The van der Waals surface area contributed by atoms with Crippen LogP contribution in [0, 0.1) is 0 Å². The number of nitrogens with two attached hydrogens (primary N) is 1. The van der Waals surface area contributed by atoms with Gasteiger partial charge in [0, 0.05) is 6.04 Å². The van der Waals surface area contributed by atoms with Crippen LogP contribution < -0.4 is 11.1 Å². The second kappa shape index (κ2) is 6.78. The molecule has 0 atom stereocenters. The van der Waals surface area contributed by atoms with E-state index in [4.69, 9.17) is 10.8 Å². The van der Waals surface area contributed by atoms with Gasteiger partial charge < -0.3 is 21.1 Å². The quantitative estimate of drug-likeness (QED) is 0.508. The zero-order chi connectivity index (χ0) is 12.7. The minimum atomic E-state index is -1.09. The average molecular weight is 231 g/mol. The molecule has 4 N–H and O–H groups in total. The summed E-state index contributed by atoms with van der Waals surface area (Å²) in [6.45, 7) is 2.58. The topological polar surface area (TPSA) is 113 Å². The largest absolute Gasteiger partial charge is 0.480 e. The molecule has 0 aromatic rings. The zero-order valence-corrected chi connectivity index (χ0v) is 9.40. The van der Waals surface area contributed by atoms with E-state index in [1.165, 1.54) is 4.90 Å². The standard InChI is InChI=1S/C9H17N3O4/c1-6(2)12(5-9(15)16)8(14)4-11-7(13)3-10/h6H,3-5,10H2,1-2H3,(H,11,13)(H,15,16). The van der Waals surface area contributed by atoms with E-state index in [2.05, 4.69) is 5.32 Å². The third-order valence-electron chi connectivity index (χ3n) is 1.87. The Bertz CT molecular complexity index is 278. The molecular weight excluding hydrogens is 214 g/mol. The van der Waals surface area contributed by atoms with Gasteiger partial charge in [-0.25, -0.2) is 0 Å². The Hall–Kier alpha value is -1.63. The summed E-state index contributed by atoms with van der Waals surface area (Å²) in [5.41, 5.74) is 5.04. The van der Waals surface area contributed by atoms with Gasteiger partial charge in [-0.3, -0.25) is 14.4 Å². The molecule has 0 saturated carbocycles. The Morgan fingerprint density at radius 1 is 1.38 bits per heavy atom. The van der Waals surface area contributed by atoms with Gasteiger partial charge in [-0.15, -0.1) is 0 Å². The third kappa shape index (κ3) is 5.30. The summed E-state index contributed by atoms with van der Waals surface area (Å²) in [7, 11) is 0. The first-order valence-electron chi connectivity index (χ1n) is 4.86. The molecule has 0 aliphatic heterocycles. The highest BCUT2D eigenvalue weighted by molar-refractivity contribution is 5.87. The maximum Gasteiger partial charge on any atom is 0.323 e. The number of hydrogen-bond donors (Lipinski definition) is 3. The summed E-state index contributed by atoms with van der Waals surface area (Å²) in [5, 5.41) is 10.9. The second-order valence-electron chi connectivity index (χ2n) is 3.49. The number of nitrogens with one attached hydrogen (secondary N) is 1. The molecule has 7 heteroatoms. The number of amides is 2. The van der Waals surface area contributed by atoms with Crippen LogP contribution >= 0.6 is 0 Å². The molecule has 7 nitrogen and oxygen atoms in total. The summed E-state index contributed by atoms with van der Waals surface area (Å²) in [6.07, 6.45) is 0. The van der Waals surface area contributed by atoms with E-state index < -0.39 is 17.8 Å². The van der Waals surface area contributed by atoms with Crippen LogP contribution in [0.3, 0.4) is 0 Å². The molecule has 0 spiro atoms. The van der Waals surface area contributed by atoms with Gasteiger partial charge in [0.1, 0.15) is 6.54 Å². The monoisotopic (exact) mass is 231 g/mol. The van der Waals surface area contributed by atoms with Crippen molar-refractivity contribution in [2.24, 2.45) is 5.73 Å². The van der Waals surface area contributed by atoms with Crippen LogP contribution in [-0.2, 0) is 14.4 Å². The van der Waals surface area contributed by atoms with Gasteiger partial charge in [0.25, 0.3) is 0 Å². The van der Waals surface area contributed by atoms with E-state index in [9.17, 15) is 14.4 Å². The maximum absolute atomic E-state index is 11.5. The van der Waals surface area contributed by atoms with Crippen molar-refractivity contribution in [3.63, 3.8) is 0 Å². The smallest absolute Gasteiger partial charge is 0.323 e. The van der Waals surface area contributed by atoms with Crippen LogP contribution in [0.2, 0.25) is 0 Å². The molecule has 2 amide bonds. The fourth-order valence-corrected chi connectivity index (χ4v) is 1.05. The predicted molar refractivity (Wildman–Crippen MR) is 56.5 cm³/mol. The Labute approximate surface area is 93.6 Å². The number of aliphatic carboxylic acids is 1. The Balaban J connectivity index is 4.28. The van der Waals surface area contributed by atoms with E-state index in [-0.39, 0.29) is 25.7 Å². The van der Waals surface area contributed by atoms with E-state index in [0.717, 1.165) is 0 Å². The Morgan fingerprint density at radius 2 is 1.94 bits per heavy atom. The van der Waals surface area contributed by atoms with Crippen molar-refractivity contribution in [3.05, 3.63) is 0 Å². The van der Waals surface area contributed by atoms with Crippen LogP contribution in [0.1, 0.15) is 13.8 Å². The number of nitrogens with zero attached hydrogens (tertiary/aromatic N) is 1. The molecule has 0 bridgehead atoms. The number of carbonyl (C=O) groups excluding carboxylic acids is 2. The fraction of sp³-hybridized carbons (Fsp3) is 0.667. The molecule has 0 aliphatic rings. The van der Waals surface area contributed by atoms with Gasteiger partial charge in [0.2, 0.25) is 11.8 Å². The molecule has 0 aliphatic carbocycles. The molecule has 0 fully saturated rings. The summed E-state index contributed by atoms with van der Waals surface area (Å²) in [6, 6.07) is -0.238. The number of carboxylic acids is 1. The summed E-state index contributed by atoms with van der Waals surface area (Å²) < 4.78 is 0. The van der Waals surface area contributed by atoms with Gasteiger partial charge in [-0.2, -0.15) is 0 Å². The summed E-state index contributed by atoms with van der Waals surface area (Å²) in [5.74, 6) is -1.99. The Morgan fingerprint density at radius 3 is 2.31 bits per heavy atom. The lowest BCUT2D eigenvalue weighted by Crippen LogP contribution is -2.46. The van der Waals surface area contributed by atoms with Crippen molar-refractivity contribution in [1.82, 2.24) is 10.2 Å². The van der Waals surface area contributed by atoms with Gasteiger partial charge in [-0.05, 0) is 13.8 Å². The van der Waals surface area contributed by atoms with E-state index in [0.29, 0.717) is 0 Å². The number of rotatable bonds is 6. The van der Waals surface area contributed by atoms with Crippen LogP contribution in [-0.4, -0.2) is 53.5 Å². The molecule has 0 radical (unpaired) electrons. The lowest BCUT2D eigenvalue weighted by molar-refractivity contribution is -0.145. The SMILES string of the molecule is CC(C)N(CC(=O)O)C(=O)CNC(=O)CN. The van der Waals surface area contributed by atoms with E-state index in [1.807, 2.05) is 0 Å². The van der Waals surface area contributed by atoms with Gasteiger partial charge in [0.05, 0.1) is 13.1 Å². The number of carbonyl (C=O) groups is 3. The Kier molecular flexibility index (Phi) is 6.09. The first-order valence-corrected chi connectivity index (χ1v) is 4.86. The molecule has 16 heavy (non-hydrogen) atoms. The first kappa shape index (κ1) is 14.4. The summed E-state index contributed by atoms with van der Waals surface area (Å²) >= 11 is 0. The minimum absolute atomic E-state index is 0.201. The number of hydrogen-bond acceptors (Lipinski definition) is 4. The minimum Gasteiger partial charge on any atom is -0.480 e. The molecule has 0 unspecified atom stereocenters. The highest BCUT2D eigenvalue weighted by Gasteiger charge is 2.19. The normalized spacial score (nSPS) is 10.0. The van der Waals surface area contributed by atoms with E-state index in [1.54, 1.807) is 13.8 Å². The molecular formula is C9H17N3O4. The van der Waals surface area contributed by atoms with Crippen molar-refractivity contribution in [2.45, 2.75) is 19.9 Å². The van der Waals surface area contributed by atoms with Crippen molar-refractivity contribution in [3.8, 4) is 0 Å². The van der Waals surface area contributed by atoms with Crippen molar-refractivity contribution < 1.29 is 19.5 Å². The van der Waals surface area contributed by atoms with Crippen molar-refractivity contribution in [1.29, 1.82) is 0 Å². The zero-order valence-electron chi connectivity index (χ0n) is 9.40. The molecule has 0 aromatic carbocycles. The average Bonchev–Trinajstić information content (AvgIpc) is 2.21.